The number of nitrogens with one attached hydrogen (secondary N) is 1. The fourth-order valence-corrected chi connectivity index (χ4v) is 5.00. The van der Waals surface area contributed by atoms with Crippen molar-refractivity contribution in [2.45, 2.75) is 61.2 Å². The Hall–Kier alpha value is -0.0700. The molecule has 0 amide bonds. The molecule has 7 atom stereocenters. The lowest BCUT2D eigenvalue weighted by Crippen LogP contribution is -2.62. The smallest absolute Gasteiger partial charge is 0.130 e. The zero-order valence-corrected chi connectivity index (χ0v) is 14.4. The molecule has 126 valence electrons. The van der Waals surface area contributed by atoms with E-state index in [1.807, 2.05) is 6.92 Å². The third-order valence-corrected chi connectivity index (χ3v) is 6.26. The van der Waals surface area contributed by atoms with Crippen molar-refractivity contribution in [3.8, 4) is 0 Å². The molecule has 1 saturated carbocycles. The number of nitrogens with zero attached hydrogens (tertiary/aromatic N) is 1. The van der Waals surface area contributed by atoms with E-state index in [0.29, 0.717) is 25.4 Å². The lowest BCUT2D eigenvalue weighted by atomic mass is 9.67. The second-order valence-corrected chi connectivity index (χ2v) is 7.81. The summed E-state index contributed by atoms with van der Waals surface area (Å²) in [6.45, 7) is 3.17. The lowest BCUT2D eigenvalue weighted by molar-refractivity contribution is -0.0676. The van der Waals surface area contributed by atoms with Gasteiger partial charge in [0.05, 0.1) is 11.4 Å². The first kappa shape index (κ1) is 16.8. The largest absolute Gasteiger partial charge is 0.385 e. The Morgan fingerprint density at radius 1 is 1.36 bits per heavy atom. The minimum Gasteiger partial charge on any atom is -0.385 e. The predicted molar refractivity (Wildman–Crippen MR) is 88.5 cm³/mol. The van der Waals surface area contributed by atoms with Crippen molar-refractivity contribution in [1.82, 2.24) is 5.32 Å². The van der Waals surface area contributed by atoms with Crippen LogP contribution in [0.3, 0.4) is 0 Å². The first-order chi connectivity index (χ1) is 10.5. The molecule has 0 aromatic carbocycles. The van der Waals surface area contributed by atoms with E-state index in [1.54, 1.807) is 0 Å². The average molecular weight is 350 g/mol. The quantitative estimate of drug-likeness (QED) is 0.673. The van der Waals surface area contributed by atoms with Crippen molar-refractivity contribution in [2.75, 3.05) is 13.2 Å². The van der Waals surface area contributed by atoms with Gasteiger partial charge in [0, 0.05) is 30.4 Å². The van der Waals surface area contributed by atoms with Crippen LogP contribution in [-0.2, 0) is 4.74 Å². The number of hydrogen-bond acceptors (Lipinski definition) is 5. The van der Waals surface area contributed by atoms with Gasteiger partial charge in [0.25, 0.3) is 0 Å². The molecule has 22 heavy (non-hydrogen) atoms. The Bertz CT molecular complexity index is 451. The second kappa shape index (κ2) is 6.44. The summed E-state index contributed by atoms with van der Waals surface area (Å²) in [6.07, 6.45) is 3.07. The molecule has 1 aliphatic carbocycles. The van der Waals surface area contributed by atoms with Gasteiger partial charge in [-0.05, 0) is 32.6 Å². The van der Waals surface area contributed by atoms with E-state index in [9.17, 15) is 5.11 Å². The molecular weight excluding hydrogens is 325 g/mol. The summed E-state index contributed by atoms with van der Waals surface area (Å²) in [6, 6.07) is 0.0734. The van der Waals surface area contributed by atoms with Crippen molar-refractivity contribution in [3.05, 3.63) is 0 Å². The number of halogens is 2. The summed E-state index contributed by atoms with van der Waals surface area (Å²) >= 11 is 12.9. The summed E-state index contributed by atoms with van der Waals surface area (Å²) < 4.78 is 5.67. The van der Waals surface area contributed by atoms with Gasteiger partial charge in [-0.1, -0.05) is 0 Å². The maximum Gasteiger partial charge on any atom is 0.130 e. The SMILES string of the molecule is CCOC1CC(C2(O)C(N)=NC3CCC(Cl)CC32)C(Cl)CN1. The number of amidine groups is 1. The zero-order chi connectivity index (χ0) is 15.9. The van der Waals surface area contributed by atoms with Gasteiger partial charge in [0.15, 0.2) is 0 Å². The minimum atomic E-state index is -1.16. The van der Waals surface area contributed by atoms with Crippen LogP contribution in [-0.4, -0.2) is 52.7 Å². The van der Waals surface area contributed by atoms with Gasteiger partial charge < -0.3 is 15.6 Å². The van der Waals surface area contributed by atoms with E-state index < -0.39 is 5.60 Å². The van der Waals surface area contributed by atoms with Gasteiger partial charge in [-0.25, -0.2) is 0 Å². The number of rotatable bonds is 3. The van der Waals surface area contributed by atoms with E-state index >= 15 is 0 Å². The van der Waals surface area contributed by atoms with Gasteiger partial charge in [0.1, 0.15) is 17.7 Å². The van der Waals surface area contributed by atoms with Crippen molar-refractivity contribution >= 4 is 29.0 Å². The standard InChI is InChI=1S/C15H25Cl2N3O2/c1-2-22-13-6-9(11(17)7-19-13)15(21)10-5-8(16)3-4-12(10)20-14(15)18/h8-13,19,21H,2-7H2,1H3,(H2,18,20). The van der Waals surface area contributed by atoms with Crippen LogP contribution in [0.15, 0.2) is 4.99 Å². The van der Waals surface area contributed by atoms with Crippen LogP contribution in [0, 0.1) is 11.8 Å². The first-order valence-corrected chi connectivity index (χ1v) is 9.03. The van der Waals surface area contributed by atoms with Crippen LogP contribution in [0.2, 0.25) is 0 Å². The third-order valence-electron chi connectivity index (χ3n) is 5.41. The summed E-state index contributed by atoms with van der Waals surface area (Å²) in [5.41, 5.74) is 5.00. The number of hydrogen-bond donors (Lipinski definition) is 3. The highest BCUT2D eigenvalue weighted by atomic mass is 35.5. The molecule has 7 unspecified atom stereocenters. The summed E-state index contributed by atoms with van der Waals surface area (Å²) in [7, 11) is 0. The lowest BCUT2D eigenvalue weighted by Gasteiger charge is -2.46. The summed E-state index contributed by atoms with van der Waals surface area (Å²) in [4.78, 5) is 4.54. The molecule has 2 heterocycles. The molecule has 7 heteroatoms. The molecule has 0 spiro atoms. The maximum absolute atomic E-state index is 11.5. The Morgan fingerprint density at radius 3 is 2.86 bits per heavy atom. The van der Waals surface area contributed by atoms with Crippen molar-refractivity contribution in [2.24, 2.45) is 22.6 Å². The predicted octanol–water partition coefficient (Wildman–Crippen LogP) is 1.44. The fraction of sp³-hybridized carbons (Fsp3) is 0.933. The van der Waals surface area contributed by atoms with Crippen LogP contribution in [0.5, 0.6) is 0 Å². The molecule has 4 N–H and O–H groups in total. The number of alkyl halides is 2. The third kappa shape index (κ3) is 2.75. The fourth-order valence-electron chi connectivity index (χ4n) is 4.30. The van der Waals surface area contributed by atoms with Gasteiger partial charge in [-0.3, -0.25) is 10.3 Å². The number of aliphatic imine (C=N–C) groups is 1. The average Bonchev–Trinajstić information content (AvgIpc) is 2.74. The highest BCUT2D eigenvalue weighted by Crippen LogP contribution is 2.48. The Kier molecular flexibility index (Phi) is 4.91. The minimum absolute atomic E-state index is 0.0321. The Balaban J connectivity index is 1.85. The number of nitrogens with two attached hydrogens (primary N) is 1. The van der Waals surface area contributed by atoms with Crippen LogP contribution in [0.4, 0.5) is 0 Å². The molecule has 0 bridgehead atoms. The van der Waals surface area contributed by atoms with Gasteiger partial charge >= 0.3 is 0 Å². The van der Waals surface area contributed by atoms with Crippen LogP contribution < -0.4 is 11.1 Å². The Morgan fingerprint density at radius 2 is 2.14 bits per heavy atom. The molecule has 5 nitrogen and oxygen atoms in total. The van der Waals surface area contributed by atoms with Crippen molar-refractivity contribution in [1.29, 1.82) is 0 Å². The van der Waals surface area contributed by atoms with E-state index in [4.69, 9.17) is 33.7 Å². The monoisotopic (exact) mass is 349 g/mol. The molecule has 0 aromatic rings. The normalized spacial score (nSPS) is 48.8. The molecule has 2 aliphatic heterocycles. The molecule has 0 aromatic heterocycles. The molecular formula is C15H25Cl2N3O2. The number of aliphatic hydroxyl groups is 1. The van der Waals surface area contributed by atoms with Crippen LogP contribution in [0.25, 0.3) is 0 Å². The van der Waals surface area contributed by atoms with E-state index in [1.165, 1.54) is 0 Å². The van der Waals surface area contributed by atoms with E-state index in [-0.39, 0.29) is 34.9 Å². The maximum atomic E-state index is 11.5. The Labute approximate surface area is 141 Å². The van der Waals surface area contributed by atoms with Crippen molar-refractivity contribution < 1.29 is 9.84 Å². The van der Waals surface area contributed by atoms with Crippen LogP contribution >= 0.6 is 23.2 Å². The van der Waals surface area contributed by atoms with Gasteiger partial charge in [-0.2, -0.15) is 0 Å². The summed E-state index contributed by atoms with van der Waals surface area (Å²) in [5, 5.41) is 14.6. The number of ether oxygens (including phenoxy) is 1. The molecule has 3 aliphatic rings. The van der Waals surface area contributed by atoms with E-state index in [0.717, 1.165) is 19.3 Å². The second-order valence-electron chi connectivity index (χ2n) is 6.63. The number of fused-ring (bicyclic) bond motifs is 1. The molecule has 0 radical (unpaired) electrons. The highest BCUT2D eigenvalue weighted by Gasteiger charge is 2.58. The molecule has 3 rings (SSSR count). The van der Waals surface area contributed by atoms with Gasteiger partial charge in [-0.15, -0.1) is 23.2 Å². The van der Waals surface area contributed by atoms with Crippen LogP contribution in [0.1, 0.15) is 32.6 Å². The topological polar surface area (TPSA) is 79.9 Å². The highest BCUT2D eigenvalue weighted by molar-refractivity contribution is 6.21. The zero-order valence-electron chi connectivity index (χ0n) is 12.8. The van der Waals surface area contributed by atoms with Gasteiger partial charge in [0.2, 0.25) is 0 Å². The molecule has 2 fully saturated rings. The first-order valence-electron chi connectivity index (χ1n) is 8.16. The number of piperidine rings is 1. The molecule has 1 saturated heterocycles. The summed E-state index contributed by atoms with van der Waals surface area (Å²) in [5.74, 6) is 0.129. The van der Waals surface area contributed by atoms with Crippen molar-refractivity contribution in [3.63, 3.8) is 0 Å². The van der Waals surface area contributed by atoms with E-state index in [2.05, 4.69) is 10.3 Å².